The van der Waals surface area contributed by atoms with E-state index in [0.29, 0.717) is 27.9 Å². The summed E-state index contributed by atoms with van der Waals surface area (Å²) in [5.74, 6) is -0.284. The van der Waals surface area contributed by atoms with Crippen molar-refractivity contribution in [1.29, 1.82) is 0 Å². The van der Waals surface area contributed by atoms with Gasteiger partial charge in [0.2, 0.25) is 0 Å². The zero-order valence-electron chi connectivity index (χ0n) is 20.7. The largest absolute Gasteiger partial charge is 0.598 e. The number of aromatic nitrogens is 3. The van der Waals surface area contributed by atoms with Crippen LogP contribution in [0.3, 0.4) is 0 Å². The van der Waals surface area contributed by atoms with Gasteiger partial charge in [-0.2, -0.15) is 0 Å². The van der Waals surface area contributed by atoms with Crippen molar-refractivity contribution in [3.63, 3.8) is 0 Å². The third-order valence-electron chi connectivity index (χ3n) is 4.67. The van der Waals surface area contributed by atoms with Crippen LogP contribution in [0, 0.1) is 0 Å². The van der Waals surface area contributed by atoms with Gasteiger partial charge in [0.05, 0.1) is 17.3 Å². The van der Waals surface area contributed by atoms with E-state index in [-0.39, 0.29) is 23.4 Å². The predicted molar refractivity (Wildman–Crippen MR) is 149 cm³/mol. The lowest BCUT2D eigenvalue weighted by Gasteiger charge is -2.28. The Kier molecular flexibility index (Phi) is 11.3. The Labute approximate surface area is 224 Å². The molecule has 9 nitrogen and oxygen atoms in total. The topological polar surface area (TPSA) is 155 Å². The molecule has 0 radical (unpaired) electrons. The number of nitrogen functional groups attached to an aromatic ring is 1. The molecule has 0 aromatic carbocycles. The van der Waals surface area contributed by atoms with E-state index in [1.54, 1.807) is 6.07 Å². The number of carbonyl (C=O) groups excluding carboxylic acids is 1. The molecule has 0 spiro atoms. The summed E-state index contributed by atoms with van der Waals surface area (Å²) in [5, 5.41) is 3.83. The fraction of sp³-hybridized carbons (Fsp3) is 0.333. The van der Waals surface area contributed by atoms with Crippen LogP contribution < -0.4 is 21.5 Å². The molecule has 0 saturated carbocycles. The van der Waals surface area contributed by atoms with E-state index in [0.717, 1.165) is 5.57 Å². The summed E-state index contributed by atoms with van der Waals surface area (Å²) in [4.78, 5) is 25.3. The van der Waals surface area contributed by atoms with E-state index in [1.165, 1.54) is 24.2 Å². The molecule has 1 unspecified atom stereocenters. The van der Waals surface area contributed by atoms with Crippen molar-refractivity contribution in [2.24, 2.45) is 5.73 Å². The molecule has 12 heteroatoms. The molecular weight excluding hydrogens is 518 g/mol. The second-order valence-electron chi connectivity index (χ2n) is 8.61. The van der Waals surface area contributed by atoms with E-state index < -0.39 is 22.0 Å². The van der Waals surface area contributed by atoms with Gasteiger partial charge < -0.3 is 21.3 Å². The number of nitrogens with one attached hydrogen (secondary N) is 2. The van der Waals surface area contributed by atoms with Crippen LogP contribution in [-0.2, 0) is 11.4 Å². The van der Waals surface area contributed by atoms with Gasteiger partial charge in [-0.15, -0.1) is 4.72 Å². The smallest absolute Gasteiger partial charge is 0.271 e. The lowest BCUT2D eigenvalue weighted by molar-refractivity contribution is 0.0995. The fourth-order valence-corrected chi connectivity index (χ4v) is 4.62. The highest BCUT2D eigenvalue weighted by Crippen LogP contribution is 2.34. The van der Waals surface area contributed by atoms with Crippen molar-refractivity contribution in [2.75, 3.05) is 17.6 Å². The third-order valence-corrected chi connectivity index (χ3v) is 7.76. The van der Waals surface area contributed by atoms with Crippen LogP contribution in [0.2, 0.25) is 5.02 Å². The summed E-state index contributed by atoms with van der Waals surface area (Å²) in [7, 11) is 0. The first-order valence-electron chi connectivity index (χ1n) is 11.1. The molecule has 194 valence electrons. The summed E-state index contributed by atoms with van der Waals surface area (Å²) < 4.78 is 15.4. The number of hydrogen-bond acceptors (Lipinski definition) is 9. The van der Waals surface area contributed by atoms with Crippen molar-refractivity contribution in [3.8, 4) is 0 Å². The second kappa shape index (κ2) is 13.7. The first-order chi connectivity index (χ1) is 16.9. The number of hydrogen-bond donors (Lipinski definition) is 4. The number of primary amides is 1. The predicted octanol–water partition coefficient (Wildman–Crippen LogP) is 4.27. The molecule has 0 saturated heterocycles. The number of rotatable bonds is 12. The highest BCUT2D eigenvalue weighted by Gasteiger charge is 2.29. The fourth-order valence-electron chi connectivity index (χ4n) is 2.72. The van der Waals surface area contributed by atoms with E-state index in [9.17, 15) is 9.35 Å². The number of nitrogens with zero attached hydrogens (tertiary/aromatic N) is 3. The Hall–Kier alpha value is -2.57. The van der Waals surface area contributed by atoms with Crippen LogP contribution in [0.15, 0.2) is 64.8 Å². The first kappa shape index (κ1) is 29.7. The van der Waals surface area contributed by atoms with Gasteiger partial charge in [0.25, 0.3) is 5.91 Å². The van der Waals surface area contributed by atoms with Gasteiger partial charge in [-0.05, 0) is 45.8 Å². The molecule has 2 aromatic rings. The molecule has 2 atom stereocenters. The zero-order valence-corrected chi connectivity index (χ0v) is 23.1. The number of amides is 1. The Morgan fingerprint density at radius 3 is 2.72 bits per heavy atom. The van der Waals surface area contributed by atoms with Gasteiger partial charge in [0.1, 0.15) is 15.6 Å². The van der Waals surface area contributed by atoms with Crippen LogP contribution in [0.4, 0.5) is 11.6 Å². The van der Waals surface area contributed by atoms with Crippen LogP contribution in [0.5, 0.6) is 0 Å². The number of nitrogens with two attached hydrogens (primary N) is 2. The highest BCUT2D eigenvalue weighted by molar-refractivity contribution is 7.99. The van der Waals surface area contributed by atoms with Crippen molar-refractivity contribution in [3.05, 3.63) is 65.6 Å². The molecule has 2 rings (SSSR count). The van der Waals surface area contributed by atoms with Gasteiger partial charge in [-0.3, -0.25) is 4.79 Å². The SMILES string of the molecule is C=C(/C=C\C=C/C)[C@H](CCNc1ncc(Sc2ccnc(N)c2Cl)nc1C(N)=O)N[S+]([O-])C(C)(C)C. The maximum Gasteiger partial charge on any atom is 0.271 e. The summed E-state index contributed by atoms with van der Waals surface area (Å²) in [6.45, 7) is 12.1. The lowest BCUT2D eigenvalue weighted by Crippen LogP contribution is -2.45. The maximum atomic E-state index is 12.7. The molecule has 0 aliphatic rings. The molecule has 0 fully saturated rings. The molecule has 2 heterocycles. The molecule has 0 aliphatic carbocycles. The Morgan fingerprint density at radius 1 is 1.36 bits per heavy atom. The van der Waals surface area contributed by atoms with Crippen molar-refractivity contribution < 1.29 is 9.35 Å². The van der Waals surface area contributed by atoms with Crippen molar-refractivity contribution in [2.45, 2.75) is 54.8 Å². The van der Waals surface area contributed by atoms with Crippen molar-refractivity contribution >= 4 is 52.3 Å². The van der Waals surface area contributed by atoms with Gasteiger partial charge in [-0.25, -0.2) is 15.0 Å². The van der Waals surface area contributed by atoms with Gasteiger partial charge in [0.15, 0.2) is 11.5 Å². The second-order valence-corrected chi connectivity index (χ2v) is 12.0. The van der Waals surface area contributed by atoms with Crippen LogP contribution >= 0.6 is 23.4 Å². The lowest BCUT2D eigenvalue weighted by atomic mass is 10.1. The number of halogens is 1. The molecule has 1 amide bonds. The maximum absolute atomic E-state index is 12.7. The Morgan fingerprint density at radius 2 is 2.08 bits per heavy atom. The number of carbonyl (C=O) groups is 1. The number of allylic oxidation sites excluding steroid dienone is 3. The molecule has 6 N–H and O–H groups in total. The minimum absolute atomic E-state index is 0.00673. The summed E-state index contributed by atoms with van der Waals surface area (Å²) >= 11 is 6.09. The van der Waals surface area contributed by atoms with Gasteiger partial charge in [-0.1, -0.05) is 54.2 Å². The highest BCUT2D eigenvalue weighted by atomic mass is 35.5. The molecule has 0 aliphatic heterocycles. The van der Waals surface area contributed by atoms with Crippen LogP contribution in [-0.4, -0.2) is 42.7 Å². The van der Waals surface area contributed by atoms with E-state index in [4.69, 9.17) is 23.1 Å². The monoisotopic (exact) mass is 549 g/mol. The standard InChI is InChI=1S/C24H32ClN7O2S2/c1-6-7-8-9-15(2)16(32-36(34)24(3,4)5)10-12-29-23-20(22(27)33)31-18(14-30-23)35-17-11-13-28-21(26)19(17)25/h6-9,11,13-14,16,32H,2,10,12H2,1,3-5H3,(H2,26,28)(H2,27,33)(H,29,30)/b7-6-,9-8-/t16-,36?/m0/s1. The number of anilines is 2. The molecule has 0 bridgehead atoms. The molecule has 2 aromatic heterocycles. The zero-order chi connectivity index (χ0) is 26.9. The summed E-state index contributed by atoms with van der Waals surface area (Å²) in [6.07, 6.45) is 11.1. The average Bonchev–Trinajstić information content (AvgIpc) is 2.81. The quantitative estimate of drug-likeness (QED) is 0.224. The van der Waals surface area contributed by atoms with Gasteiger partial charge in [0, 0.05) is 29.0 Å². The molecular formula is C24H32ClN7O2S2. The van der Waals surface area contributed by atoms with Crippen LogP contribution in [0.1, 0.15) is 44.6 Å². The van der Waals surface area contributed by atoms with E-state index in [2.05, 4.69) is 31.6 Å². The van der Waals surface area contributed by atoms with Crippen LogP contribution in [0.25, 0.3) is 0 Å². The summed E-state index contributed by atoms with van der Waals surface area (Å²) in [6, 6.07) is 1.41. The average molecular weight is 550 g/mol. The molecule has 36 heavy (non-hydrogen) atoms. The van der Waals surface area contributed by atoms with E-state index >= 15 is 0 Å². The Bertz CT molecular complexity index is 1140. The minimum Gasteiger partial charge on any atom is -0.598 e. The first-order valence-corrected chi connectivity index (χ1v) is 13.4. The number of pyridine rings is 1. The third kappa shape index (κ3) is 8.82. The Balaban J connectivity index is 2.16. The van der Waals surface area contributed by atoms with Crippen molar-refractivity contribution in [1.82, 2.24) is 19.7 Å². The summed E-state index contributed by atoms with van der Waals surface area (Å²) in [5.41, 5.74) is 12.1. The minimum atomic E-state index is -1.30. The van der Waals surface area contributed by atoms with Gasteiger partial charge >= 0.3 is 0 Å². The normalized spacial score (nSPS) is 13.7. The van der Waals surface area contributed by atoms with E-state index in [1.807, 2.05) is 52.0 Å².